The Balaban J connectivity index is 1.95. The van der Waals surface area contributed by atoms with Crippen LogP contribution in [0.4, 0.5) is 5.69 Å². The van der Waals surface area contributed by atoms with Gasteiger partial charge in [-0.1, -0.05) is 26.0 Å². The van der Waals surface area contributed by atoms with Crippen LogP contribution in [0.25, 0.3) is 0 Å². The van der Waals surface area contributed by atoms with E-state index < -0.39 is 15.4 Å². The van der Waals surface area contributed by atoms with E-state index in [1.165, 1.54) is 5.56 Å². The molecule has 0 bridgehead atoms. The highest BCUT2D eigenvalue weighted by Crippen LogP contribution is 2.24. The normalized spacial score (nSPS) is 25.3. The van der Waals surface area contributed by atoms with E-state index in [1.54, 1.807) is 0 Å². The summed E-state index contributed by atoms with van der Waals surface area (Å²) in [6, 6.07) is 7.94. The average Bonchev–Trinajstić information content (AvgIpc) is 2.79. The number of benzene rings is 1. The molecule has 1 aliphatic heterocycles. The van der Waals surface area contributed by atoms with E-state index in [0.29, 0.717) is 5.92 Å². The lowest BCUT2D eigenvalue weighted by Gasteiger charge is -2.18. The Hall–Kier alpha value is -1.60. The minimum absolute atomic E-state index is 0.00340. The van der Waals surface area contributed by atoms with E-state index >= 15 is 0 Å². The van der Waals surface area contributed by atoms with Crippen molar-refractivity contribution in [3.63, 3.8) is 0 Å². The highest BCUT2D eigenvalue weighted by molar-refractivity contribution is 7.91. The molecule has 7 heteroatoms. The van der Waals surface area contributed by atoms with Gasteiger partial charge in [0.25, 0.3) is 0 Å². The van der Waals surface area contributed by atoms with Crippen molar-refractivity contribution in [1.29, 1.82) is 0 Å². The molecule has 0 amide bonds. The summed E-state index contributed by atoms with van der Waals surface area (Å²) < 4.78 is 22.9. The summed E-state index contributed by atoms with van der Waals surface area (Å²) in [5.41, 5.74) is 6.59. The summed E-state index contributed by atoms with van der Waals surface area (Å²) in [5.74, 6) is 0.428. The first-order chi connectivity index (χ1) is 10.7. The van der Waals surface area contributed by atoms with Crippen LogP contribution in [0.5, 0.6) is 0 Å². The molecule has 1 heterocycles. The van der Waals surface area contributed by atoms with Crippen LogP contribution in [-0.2, 0) is 9.84 Å². The van der Waals surface area contributed by atoms with Gasteiger partial charge in [-0.25, -0.2) is 8.42 Å². The van der Waals surface area contributed by atoms with Crippen molar-refractivity contribution in [2.45, 2.75) is 38.2 Å². The third kappa shape index (κ3) is 4.94. The van der Waals surface area contributed by atoms with Crippen molar-refractivity contribution < 1.29 is 13.5 Å². The summed E-state index contributed by atoms with van der Waals surface area (Å²) >= 11 is 0. The maximum Gasteiger partial charge on any atom is 0.193 e. The molecule has 4 N–H and O–H groups in total. The minimum Gasteiger partial charge on any atom is -0.387 e. The molecule has 6 nitrogen and oxygen atoms in total. The third-order valence-corrected chi connectivity index (χ3v) is 6.08. The van der Waals surface area contributed by atoms with Crippen LogP contribution in [0.2, 0.25) is 0 Å². The zero-order chi connectivity index (χ0) is 17.1. The Labute approximate surface area is 137 Å². The second-order valence-corrected chi connectivity index (χ2v) is 8.51. The Morgan fingerprint density at radius 1 is 1.43 bits per heavy atom. The van der Waals surface area contributed by atoms with Crippen LogP contribution in [0.15, 0.2) is 29.3 Å². The fourth-order valence-corrected chi connectivity index (χ4v) is 4.46. The first-order valence-electron chi connectivity index (χ1n) is 7.83. The molecule has 2 unspecified atom stereocenters. The van der Waals surface area contributed by atoms with E-state index in [-0.39, 0.29) is 30.4 Å². The highest BCUT2D eigenvalue weighted by atomic mass is 32.2. The molecule has 0 aromatic heterocycles. The van der Waals surface area contributed by atoms with Crippen molar-refractivity contribution >= 4 is 21.5 Å². The molecular weight excluding hydrogens is 314 g/mol. The topological polar surface area (TPSA) is 105 Å². The van der Waals surface area contributed by atoms with Gasteiger partial charge in [0.05, 0.1) is 23.7 Å². The predicted molar refractivity (Wildman–Crippen MR) is 93.5 cm³/mol. The third-order valence-electron chi connectivity index (χ3n) is 4.28. The van der Waals surface area contributed by atoms with Gasteiger partial charge >= 0.3 is 0 Å². The van der Waals surface area contributed by atoms with Crippen LogP contribution in [0.3, 0.4) is 0 Å². The SMILES string of the molecule is CCC(C)c1ccc(NC(N)=NCC2(O)CCS(=O)(=O)C2)cc1. The smallest absolute Gasteiger partial charge is 0.193 e. The van der Waals surface area contributed by atoms with Gasteiger partial charge in [-0.2, -0.15) is 0 Å². The highest BCUT2D eigenvalue weighted by Gasteiger charge is 2.40. The lowest BCUT2D eigenvalue weighted by atomic mass is 9.99. The number of aliphatic imine (C=N–C) groups is 1. The van der Waals surface area contributed by atoms with Crippen molar-refractivity contribution in [1.82, 2.24) is 0 Å². The first kappa shape index (κ1) is 17.7. The second kappa shape index (κ2) is 6.88. The van der Waals surface area contributed by atoms with Gasteiger partial charge in [-0.3, -0.25) is 4.99 Å². The molecule has 0 saturated carbocycles. The first-order valence-corrected chi connectivity index (χ1v) is 9.65. The fourth-order valence-electron chi connectivity index (χ4n) is 2.57. The van der Waals surface area contributed by atoms with Crippen LogP contribution >= 0.6 is 0 Å². The number of anilines is 1. The number of rotatable bonds is 5. The van der Waals surface area contributed by atoms with Crippen molar-refractivity contribution in [2.24, 2.45) is 10.7 Å². The molecule has 1 aromatic rings. The van der Waals surface area contributed by atoms with Gasteiger partial charge in [0.15, 0.2) is 15.8 Å². The molecule has 1 aliphatic rings. The number of hydrogen-bond donors (Lipinski definition) is 3. The summed E-state index contributed by atoms with van der Waals surface area (Å²) in [6.45, 7) is 4.31. The Kier molecular flexibility index (Phi) is 5.31. The maximum absolute atomic E-state index is 11.4. The van der Waals surface area contributed by atoms with E-state index in [4.69, 9.17) is 5.73 Å². The minimum atomic E-state index is -3.16. The summed E-state index contributed by atoms with van der Waals surface area (Å²) in [5, 5.41) is 13.2. The lowest BCUT2D eigenvalue weighted by molar-refractivity contribution is 0.0775. The molecule has 0 radical (unpaired) electrons. The van der Waals surface area contributed by atoms with Crippen molar-refractivity contribution in [2.75, 3.05) is 23.4 Å². The fraction of sp³-hybridized carbons (Fsp3) is 0.562. The number of aliphatic hydroxyl groups is 1. The van der Waals surface area contributed by atoms with Crippen LogP contribution < -0.4 is 11.1 Å². The molecular formula is C16H25N3O3S. The van der Waals surface area contributed by atoms with Gasteiger partial charge in [0.2, 0.25) is 0 Å². The van der Waals surface area contributed by atoms with Gasteiger partial charge < -0.3 is 16.2 Å². The van der Waals surface area contributed by atoms with Gasteiger partial charge in [-0.05, 0) is 36.5 Å². The van der Waals surface area contributed by atoms with Crippen LogP contribution in [0.1, 0.15) is 38.2 Å². The van der Waals surface area contributed by atoms with Crippen LogP contribution in [0, 0.1) is 0 Å². The van der Waals surface area contributed by atoms with Crippen LogP contribution in [-0.4, -0.2) is 43.1 Å². The monoisotopic (exact) mass is 339 g/mol. The van der Waals surface area contributed by atoms with Gasteiger partial charge in [0.1, 0.15) is 0 Å². The molecule has 2 atom stereocenters. The van der Waals surface area contributed by atoms with Crippen molar-refractivity contribution in [3.05, 3.63) is 29.8 Å². The van der Waals surface area contributed by atoms with Crippen molar-refractivity contribution in [3.8, 4) is 0 Å². The number of nitrogens with zero attached hydrogens (tertiary/aromatic N) is 1. The number of guanidine groups is 1. The lowest BCUT2D eigenvalue weighted by Crippen LogP contribution is -2.35. The quantitative estimate of drug-likeness (QED) is 0.557. The van der Waals surface area contributed by atoms with E-state index in [1.807, 2.05) is 24.3 Å². The van der Waals surface area contributed by atoms with E-state index in [0.717, 1.165) is 12.1 Å². The maximum atomic E-state index is 11.4. The van der Waals surface area contributed by atoms with E-state index in [2.05, 4.69) is 24.2 Å². The summed E-state index contributed by atoms with van der Waals surface area (Å²) in [7, 11) is -3.16. The number of nitrogens with one attached hydrogen (secondary N) is 1. The standard InChI is InChI=1S/C16H25N3O3S/c1-3-12(2)13-4-6-14(7-5-13)19-15(17)18-10-16(20)8-9-23(21,22)11-16/h4-7,12,20H,3,8-11H2,1-2H3,(H3,17,18,19). The zero-order valence-electron chi connectivity index (χ0n) is 13.6. The number of hydrogen-bond acceptors (Lipinski definition) is 4. The predicted octanol–water partition coefficient (Wildman–Crippen LogP) is 1.48. The Morgan fingerprint density at radius 2 is 2.09 bits per heavy atom. The van der Waals surface area contributed by atoms with E-state index in [9.17, 15) is 13.5 Å². The average molecular weight is 339 g/mol. The summed E-state index contributed by atoms with van der Waals surface area (Å²) in [6.07, 6.45) is 1.29. The molecule has 128 valence electrons. The molecule has 1 saturated heterocycles. The van der Waals surface area contributed by atoms with Gasteiger partial charge in [-0.15, -0.1) is 0 Å². The molecule has 0 spiro atoms. The van der Waals surface area contributed by atoms with Gasteiger partial charge in [0, 0.05) is 5.69 Å². The number of sulfone groups is 1. The number of nitrogens with two attached hydrogens (primary N) is 1. The Bertz CT molecular complexity index is 670. The molecule has 23 heavy (non-hydrogen) atoms. The Morgan fingerprint density at radius 3 is 2.61 bits per heavy atom. The second-order valence-electron chi connectivity index (χ2n) is 6.32. The molecule has 1 aromatic carbocycles. The molecule has 1 fully saturated rings. The largest absolute Gasteiger partial charge is 0.387 e. The molecule has 2 rings (SSSR count). The zero-order valence-corrected chi connectivity index (χ0v) is 14.4. The molecule has 0 aliphatic carbocycles. The summed E-state index contributed by atoms with van der Waals surface area (Å²) in [4.78, 5) is 4.08.